The van der Waals surface area contributed by atoms with E-state index in [1.165, 1.54) is 0 Å². The highest BCUT2D eigenvalue weighted by Crippen LogP contribution is 2.25. The number of aromatic hydroxyl groups is 1. The molecule has 3 aromatic rings. The molecule has 0 saturated heterocycles. The number of phenols is 1. The van der Waals surface area contributed by atoms with Crippen LogP contribution in [0.25, 0.3) is 5.82 Å². The zero-order valence-corrected chi connectivity index (χ0v) is 12.7. The Morgan fingerprint density at radius 3 is 2.86 bits per heavy atom. The van der Waals surface area contributed by atoms with E-state index in [0.717, 1.165) is 17.1 Å². The number of anilines is 1. The van der Waals surface area contributed by atoms with Crippen LogP contribution in [0.4, 0.5) is 5.69 Å². The first-order valence-electron chi connectivity index (χ1n) is 6.40. The average molecular weight is 345 g/mol. The van der Waals surface area contributed by atoms with Crippen LogP contribution in [0.5, 0.6) is 5.75 Å². The first-order valence-corrected chi connectivity index (χ1v) is 7.19. The van der Waals surface area contributed by atoms with Gasteiger partial charge in [0.05, 0.1) is 10.2 Å². The fraction of sp³-hybridized carbons (Fsp3) is 0.0667. The maximum absolute atomic E-state index is 9.51. The van der Waals surface area contributed by atoms with Crippen LogP contribution < -0.4 is 5.32 Å². The van der Waals surface area contributed by atoms with E-state index in [0.29, 0.717) is 11.0 Å². The van der Waals surface area contributed by atoms with Gasteiger partial charge in [0.25, 0.3) is 0 Å². The third-order valence-corrected chi connectivity index (χ3v) is 3.64. The van der Waals surface area contributed by atoms with E-state index in [4.69, 9.17) is 0 Å². The molecule has 0 aliphatic rings. The van der Waals surface area contributed by atoms with Gasteiger partial charge < -0.3 is 10.4 Å². The lowest BCUT2D eigenvalue weighted by molar-refractivity contribution is 0.471. The van der Waals surface area contributed by atoms with Gasteiger partial charge in [0.2, 0.25) is 0 Å². The Kier molecular flexibility index (Phi) is 3.87. The number of phenolic OH excluding ortho intramolecular Hbond substituents is 1. The molecule has 0 aliphatic carbocycles. The maximum atomic E-state index is 9.51. The van der Waals surface area contributed by atoms with Crippen molar-refractivity contribution in [3.63, 3.8) is 0 Å². The Balaban J connectivity index is 1.81. The minimum atomic E-state index is 0.234. The van der Waals surface area contributed by atoms with Gasteiger partial charge in [0.15, 0.2) is 5.82 Å². The van der Waals surface area contributed by atoms with E-state index in [-0.39, 0.29) is 5.75 Å². The number of rotatable bonds is 4. The third kappa shape index (κ3) is 3.05. The average Bonchev–Trinajstić information content (AvgIpc) is 3.03. The molecule has 0 saturated carbocycles. The van der Waals surface area contributed by atoms with E-state index in [1.807, 2.05) is 36.5 Å². The molecule has 2 heterocycles. The second-order valence-electron chi connectivity index (χ2n) is 4.46. The topological polar surface area (TPSA) is 63.0 Å². The van der Waals surface area contributed by atoms with Crippen molar-refractivity contribution in [1.29, 1.82) is 0 Å². The summed E-state index contributed by atoms with van der Waals surface area (Å²) >= 11 is 3.31. The number of hydrogen-bond donors (Lipinski definition) is 2. The first-order chi connectivity index (χ1) is 10.2. The van der Waals surface area contributed by atoms with Crippen LogP contribution in [-0.4, -0.2) is 19.9 Å². The molecule has 106 valence electrons. The zero-order chi connectivity index (χ0) is 14.7. The van der Waals surface area contributed by atoms with Crippen molar-refractivity contribution in [3.8, 4) is 11.6 Å². The van der Waals surface area contributed by atoms with Gasteiger partial charge in [-0.05, 0) is 51.8 Å². The molecule has 2 aromatic heterocycles. The molecular weight excluding hydrogens is 332 g/mol. The first kappa shape index (κ1) is 13.6. The van der Waals surface area contributed by atoms with Crippen molar-refractivity contribution < 1.29 is 5.11 Å². The van der Waals surface area contributed by atoms with Crippen molar-refractivity contribution in [1.82, 2.24) is 14.8 Å². The second kappa shape index (κ2) is 5.97. The van der Waals surface area contributed by atoms with Gasteiger partial charge in [-0.1, -0.05) is 6.07 Å². The lowest BCUT2D eigenvalue weighted by atomic mass is 10.2. The largest absolute Gasteiger partial charge is 0.507 e. The number of hydrogen-bond acceptors (Lipinski definition) is 4. The molecular formula is C15H13BrN4O. The molecule has 0 bridgehead atoms. The van der Waals surface area contributed by atoms with Crippen LogP contribution in [0.15, 0.2) is 59.5 Å². The summed E-state index contributed by atoms with van der Waals surface area (Å²) in [5, 5.41) is 17.0. The van der Waals surface area contributed by atoms with Crippen molar-refractivity contribution in [2.75, 3.05) is 5.32 Å². The van der Waals surface area contributed by atoms with E-state index < -0.39 is 0 Å². The number of nitrogens with one attached hydrogen (secondary N) is 1. The van der Waals surface area contributed by atoms with Crippen LogP contribution in [-0.2, 0) is 6.54 Å². The monoisotopic (exact) mass is 344 g/mol. The highest BCUT2D eigenvalue weighted by molar-refractivity contribution is 9.10. The summed E-state index contributed by atoms with van der Waals surface area (Å²) in [5.41, 5.74) is 1.94. The summed E-state index contributed by atoms with van der Waals surface area (Å²) in [7, 11) is 0. The minimum absolute atomic E-state index is 0.234. The smallest absolute Gasteiger partial charge is 0.176 e. The molecule has 0 radical (unpaired) electrons. The van der Waals surface area contributed by atoms with E-state index >= 15 is 0 Å². The predicted octanol–water partition coefficient (Wildman–Crippen LogP) is 3.35. The summed E-state index contributed by atoms with van der Waals surface area (Å²) < 4.78 is 2.40. The lowest BCUT2D eigenvalue weighted by Crippen LogP contribution is -2.06. The molecule has 0 fully saturated rings. The standard InChI is InChI=1S/C15H13BrN4O/c16-12-9-11(4-5-14(12)21)10-18-13-3-1-6-17-15(13)20-8-2-7-19-20/h1-9,18,21H,10H2. The minimum Gasteiger partial charge on any atom is -0.507 e. The third-order valence-electron chi connectivity index (χ3n) is 3.00. The number of benzene rings is 1. The molecule has 3 rings (SSSR count). The predicted molar refractivity (Wildman–Crippen MR) is 84.5 cm³/mol. The summed E-state index contributed by atoms with van der Waals surface area (Å²) in [6.07, 6.45) is 5.31. The number of aromatic nitrogens is 3. The quantitative estimate of drug-likeness (QED) is 0.761. The molecule has 6 heteroatoms. The second-order valence-corrected chi connectivity index (χ2v) is 5.32. The molecule has 0 aliphatic heterocycles. The fourth-order valence-corrected chi connectivity index (χ4v) is 2.40. The molecule has 0 unspecified atom stereocenters. The molecule has 0 amide bonds. The highest BCUT2D eigenvalue weighted by Gasteiger charge is 2.06. The molecule has 21 heavy (non-hydrogen) atoms. The summed E-state index contributed by atoms with van der Waals surface area (Å²) in [4.78, 5) is 4.35. The molecule has 5 nitrogen and oxygen atoms in total. The fourth-order valence-electron chi connectivity index (χ4n) is 1.97. The van der Waals surface area contributed by atoms with Gasteiger partial charge in [-0.3, -0.25) is 0 Å². The summed E-state index contributed by atoms with van der Waals surface area (Å²) in [6.45, 7) is 0.624. The molecule has 2 N–H and O–H groups in total. The van der Waals surface area contributed by atoms with Gasteiger partial charge in [0, 0.05) is 25.1 Å². The zero-order valence-electron chi connectivity index (χ0n) is 11.1. The van der Waals surface area contributed by atoms with Gasteiger partial charge in [-0.15, -0.1) is 0 Å². The van der Waals surface area contributed by atoms with E-state index in [1.54, 1.807) is 23.1 Å². The molecule has 0 spiro atoms. The van der Waals surface area contributed by atoms with Gasteiger partial charge in [0.1, 0.15) is 5.75 Å². The highest BCUT2D eigenvalue weighted by atomic mass is 79.9. The summed E-state index contributed by atoms with van der Waals surface area (Å²) in [5.74, 6) is 0.984. The van der Waals surface area contributed by atoms with Crippen molar-refractivity contribution in [2.45, 2.75) is 6.54 Å². The normalized spacial score (nSPS) is 10.5. The number of pyridine rings is 1. The lowest BCUT2D eigenvalue weighted by Gasteiger charge is -2.11. The molecule has 1 aromatic carbocycles. The van der Waals surface area contributed by atoms with Gasteiger partial charge >= 0.3 is 0 Å². The Morgan fingerprint density at radius 2 is 2.10 bits per heavy atom. The Bertz CT molecular complexity index is 743. The summed E-state index contributed by atoms with van der Waals surface area (Å²) in [6, 6.07) is 11.1. The number of nitrogens with zero attached hydrogens (tertiary/aromatic N) is 3. The SMILES string of the molecule is Oc1ccc(CNc2cccnc2-n2cccn2)cc1Br. The van der Waals surface area contributed by atoms with Crippen molar-refractivity contribution in [3.05, 3.63) is 65.0 Å². The van der Waals surface area contributed by atoms with Crippen LogP contribution in [0, 0.1) is 0 Å². The Labute approximate surface area is 130 Å². The van der Waals surface area contributed by atoms with Crippen LogP contribution in [0.1, 0.15) is 5.56 Å². The maximum Gasteiger partial charge on any atom is 0.176 e. The Morgan fingerprint density at radius 1 is 1.19 bits per heavy atom. The van der Waals surface area contributed by atoms with Crippen LogP contribution in [0.3, 0.4) is 0 Å². The van der Waals surface area contributed by atoms with Crippen molar-refractivity contribution in [2.24, 2.45) is 0 Å². The van der Waals surface area contributed by atoms with Gasteiger partial charge in [-0.2, -0.15) is 5.10 Å². The van der Waals surface area contributed by atoms with E-state index in [2.05, 4.69) is 31.3 Å². The Hall–Kier alpha value is -2.34. The van der Waals surface area contributed by atoms with Crippen LogP contribution >= 0.6 is 15.9 Å². The van der Waals surface area contributed by atoms with Crippen molar-refractivity contribution >= 4 is 21.6 Å². The molecule has 0 atom stereocenters. The van der Waals surface area contributed by atoms with Gasteiger partial charge in [-0.25, -0.2) is 9.67 Å². The van der Waals surface area contributed by atoms with E-state index in [9.17, 15) is 5.11 Å². The number of halogens is 1. The van der Waals surface area contributed by atoms with Crippen LogP contribution in [0.2, 0.25) is 0 Å².